The molecule has 70 valence electrons. The molecule has 0 aromatic rings. The van der Waals surface area contributed by atoms with Gasteiger partial charge >= 0.3 is 0 Å². The fourth-order valence-electron chi connectivity index (χ4n) is 1.73. The normalized spacial score (nSPS) is 38.0. The SMILES string of the molecule is C1CSOC(C2CNCCN2)C1. The van der Waals surface area contributed by atoms with Gasteiger partial charge in [0.1, 0.15) is 0 Å². The summed E-state index contributed by atoms with van der Waals surface area (Å²) in [5.41, 5.74) is 0. The third-order valence-electron chi connectivity index (χ3n) is 2.43. The second-order valence-corrected chi connectivity index (χ2v) is 4.20. The highest BCUT2D eigenvalue weighted by Gasteiger charge is 2.25. The first-order valence-corrected chi connectivity index (χ1v) is 5.60. The zero-order valence-corrected chi connectivity index (χ0v) is 8.03. The number of piperazine rings is 1. The maximum absolute atomic E-state index is 5.63. The Hall–Kier alpha value is 0.230. The van der Waals surface area contributed by atoms with Gasteiger partial charge in [-0.25, -0.2) is 0 Å². The Kier molecular flexibility index (Phi) is 3.28. The molecule has 4 heteroatoms. The zero-order valence-electron chi connectivity index (χ0n) is 7.21. The van der Waals surface area contributed by atoms with Gasteiger partial charge < -0.3 is 14.8 Å². The molecular formula is C8H16N2OS. The largest absolute Gasteiger partial charge is 0.314 e. The van der Waals surface area contributed by atoms with Gasteiger partial charge in [-0.3, -0.25) is 0 Å². The molecule has 0 radical (unpaired) electrons. The van der Waals surface area contributed by atoms with Crippen LogP contribution in [0, 0.1) is 0 Å². The minimum atomic E-state index is 0.427. The first-order valence-electron chi connectivity index (χ1n) is 4.69. The van der Waals surface area contributed by atoms with Crippen molar-refractivity contribution >= 4 is 12.0 Å². The molecule has 2 aliphatic rings. The van der Waals surface area contributed by atoms with Gasteiger partial charge in [0.15, 0.2) is 0 Å². The van der Waals surface area contributed by atoms with Gasteiger partial charge in [0.05, 0.1) is 6.10 Å². The van der Waals surface area contributed by atoms with Gasteiger partial charge in [0.2, 0.25) is 0 Å². The molecule has 2 N–H and O–H groups in total. The number of rotatable bonds is 1. The van der Waals surface area contributed by atoms with E-state index in [0.717, 1.165) is 25.4 Å². The monoisotopic (exact) mass is 188 g/mol. The van der Waals surface area contributed by atoms with E-state index in [2.05, 4.69) is 10.6 Å². The van der Waals surface area contributed by atoms with E-state index >= 15 is 0 Å². The molecule has 0 saturated carbocycles. The first-order chi connectivity index (χ1) is 5.97. The lowest BCUT2D eigenvalue weighted by molar-refractivity contribution is 0.150. The third kappa shape index (κ3) is 2.13. The molecule has 3 nitrogen and oxygen atoms in total. The molecule has 2 aliphatic heterocycles. The molecule has 0 amide bonds. The van der Waals surface area contributed by atoms with Crippen molar-refractivity contribution in [2.75, 3.05) is 25.4 Å². The number of hydrogen-bond acceptors (Lipinski definition) is 4. The Balaban J connectivity index is 1.80. The molecule has 12 heavy (non-hydrogen) atoms. The average molecular weight is 188 g/mol. The highest BCUT2D eigenvalue weighted by molar-refractivity contribution is 7.94. The molecule has 2 unspecified atom stereocenters. The zero-order chi connectivity index (χ0) is 8.23. The highest BCUT2D eigenvalue weighted by atomic mass is 32.2. The van der Waals surface area contributed by atoms with Gasteiger partial charge in [0, 0.05) is 31.4 Å². The van der Waals surface area contributed by atoms with E-state index in [1.165, 1.54) is 12.8 Å². The average Bonchev–Trinajstić information content (AvgIpc) is 2.21. The Labute approximate surface area is 77.8 Å². The summed E-state index contributed by atoms with van der Waals surface area (Å²) < 4.78 is 5.63. The van der Waals surface area contributed by atoms with Crippen molar-refractivity contribution in [3.8, 4) is 0 Å². The van der Waals surface area contributed by atoms with Crippen LogP contribution < -0.4 is 10.6 Å². The molecule has 0 spiro atoms. The smallest absolute Gasteiger partial charge is 0.0887 e. The molecule has 0 bridgehead atoms. The lowest BCUT2D eigenvalue weighted by atomic mass is 10.1. The molecule has 2 heterocycles. The lowest BCUT2D eigenvalue weighted by Crippen LogP contribution is -2.54. The van der Waals surface area contributed by atoms with Gasteiger partial charge in [-0.2, -0.15) is 0 Å². The van der Waals surface area contributed by atoms with Gasteiger partial charge in [-0.15, -0.1) is 0 Å². The van der Waals surface area contributed by atoms with E-state index in [-0.39, 0.29) is 0 Å². The van der Waals surface area contributed by atoms with Crippen LogP contribution in [0.1, 0.15) is 12.8 Å². The van der Waals surface area contributed by atoms with Crippen LogP contribution >= 0.6 is 12.0 Å². The minimum absolute atomic E-state index is 0.427. The summed E-state index contributed by atoms with van der Waals surface area (Å²) in [5.74, 6) is 1.16. The van der Waals surface area contributed by atoms with Crippen LogP contribution in [0.15, 0.2) is 0 Å². The van der Waals surface area contributed by atoms with Gasteiger partial charge in [0.25, 0.3) is 0 Å². The fraction of sp³-hybridized carbons (Fsp3) is 1.00. The second kappa shape index (κ2) is 4.46. The van der Waals surface area contributed by atoms with Crippen molar-refractivity contribution in [3.05, 3.63) is 0 Å². The number of nitrogens with one attached hydrogen (secondary N) is 2. The maximum Gasteiger partial charge on any atom is 0.0887 e. The molecule has 2 atom stereocenters. The maximum atomic E-state index is 5.63. The van der Waals surface area contributed by atoms with Crippen LogP contribution in [0.4, 0.5) is 0 Å². The van der Waals surface area contributed by atoms with Crippen molar-refractivity contribution in [2.24, 2.45) is 0 Å². The summed E-state index contributed by atoms with van der Waals surface area (Å²) >= 11 is 1.63. The molecule has 0 aromatic carbocycles. The predicted octanol–water partition coefficient (Wildman–Crippen LogP) is 0.375. The molecule has 2 saturated heterocycles. The van der Waals surface area contributed by atoms with Crippen molar-refractivity contribution in [1.29, 1.82) is 0 Å². The first kappa shape index (κ1) is 8.81. The lowest BCUT2D eigenvalue weighted by Gasteiger charge is -2.33. The van der Waals surface area contributed by atoms with Crippen LogP contribution in [0.25, 0.3) is 0 Å². The van der Waals surface area contributed by atoms with Crippen LogP contribution in [0.5, 0.6) is 0 Å². The summed E-state index contributed by atoms with van der Waals surface area (Å²) in [6.07, 6.45) is 2.94. The summed E-state index contributed by atoms with van der Waals surface area (Å²) in [5, 5.41) is 6.87. The molecule has 0 aliphatic carbocycles. The van der Waals surface area contributed by atoms with Gasteiger partial charge in [-0.05, 0) is 24.9 Å². The Morgan fingerprint density at radius 2 is 2.33 bits per heavy atom. The quantitative estimate of drug-likeness (QED) is 0.583. The summed E-state index contributed by atoms with van der Waals surface area (Å²) in [6, 6.07) is 0.534. The fourth-order valence-corrected chi connectivity index (χ4v) is 2.52. The van der Waals surface area contributed by atoms with Crippen molar-refractivity contribution in [3.63, 3.8) is 0 Å². The molecular weight excluding hydrogens is 172 g/mol. The predicted molar refractivity (Wildman–Crippen MR) is 51.2 cm³/mol. The van der Waals surface area contributed by atoms with E-state index in [4.69, 9.17) is 4.18 Å². The standard InChI is InChI=1S/C8H16N2OS/c1-2-8(11-12-5-1)7-6-9-3-4-10-7/h7-10H,1-6H2. The second-order valence-electron chi connectivity index (χ2n) is 3.36. The number of hydrogen-bond donors (Lipinski definition) is 2. The molecule has 2 fully saturated rings. The van der Waals surface area contributed by atoms with Crippen molar-refractivity contribution < 1.29 is 4.18 Å². The summed E-state index contributed by atoms with van der Waals surface area (Å²) in [4.78, 5) is 0. The van der Waals surface area contributed by atoms with E-state index in [1.807, 2.05) is 0 Å². The highest BCUT2D eigenvalue weighted by Crippen LogP contribution is 2.23. The van der Waals surface area contributed by atoms with E-state index in [9.17, 15) is 0 Å². The Morgan fingerprint density at radius 3 is 3.00 bits per heavy atom. The third-order valence-corrected chi connectivity index (χ3v) is 3.27. The van der Waals surface area contributed by atoms with Gasteiger partial charge in [-0.1, -0.05) is 0 Å². The minimum Gasteiger partial charge on any atom is -0.314 e. The van der Waals surface area contributed by atoms with Crippen LogP contribution in [-0.2, 0) is 4.18 Å². The van der Waals surface area contributed by atoms with E-state index in [0.29, 0.717) is 12.1 Å². The van der Waals surface area contributed by atoms with Crippen LogP contribution in [-0.4, -0.2) is 37.5 Å². The Bertz CT molecular complexity index is 117. The van der Waals surface area contributed by atoms with Crippen molar-refractivity contribution in [1.82, 2.24) is 10.6 Å². The van der Waals surface area contributed by atoms with Crippen LogP contribution in [0.2, 0.25) is 0 Å². The Morgan fingerprint density at radius 1 is 1.33 bits per heavy atom. The van der Waals surface area contributed by atoms with Crippen LogP contribution in [0.3, 0.4) is 0 Å². The summed E-state index contributed by atoms with van der Waals surface area (Å²) in [6.45, 7) is 3.23. The topological polar surface area (TPSA) is 33.3 Å². The van der Waals surface area contributed by atoms with E-state index < -0.39 is 0 Å². The summed E-state index contributed by atoms with van der Waals surface area (Å²) in [7, 11) is 0. The van der Waals surface area contributed by atoms with E-state index in [1.54, 1.807) is 12.0 Å². The molecule has 0 aromatic heterocycles. The van der Waals surface area contributed by atoms with Crippen molar-refractivity contribution in [2.45, 2.75) is 25.0 Å². The molecule has 2 rings (SSSR count).